The summed E-state index contributed by atoms with van der Waals surface area (Å²) >= 11 is 0. The van der Waals surface area contributed by atoms with Gasteiger partial charge in [-0.2, -0.15) is 0 Å². The van der Waals surface area contributed by atoms with Gasteiger partial charge in [0.2, 0.25) is 11.8 Å². The quantitative estimate of drug-likeness (QED) is 0.453. The topological polar surface area (TPSA) is 79.0 Å². The van der Waals surface area contributed by atoms with E-state index >= 15 is 0 Å². The van der Waals surface area contributed by atoms with E-state index in [4.69, 9.17) is 4.74 Å². The average Bonchev–Trinajstić information content (AvgIpc) is 2.69. The van der Waals surface area contributed by atoms with E-state index in [1.165, 1.54) is 0 Å². The van der Waals surface area contributed by atoms with E-state index in [2.05, 4.69) is 17.1 Å². The first kappa shape index (κ1) is 28.1. The van der Waals surface area contributed by atoms with Gasteiger partial charge in [-0.25, -0.2) is 4.79 Å². The lowest BCUT2D eigenvalue weighted by atomic mass is 9.84. The first-order chi connectivity index (χ1) is 14.7. The van der Waals surface area contributed by atoms with Crippen molar-refractivity contribution in [2.75, 3.05) is 27.2 Å². The van der Waals surface area contributed by atoms with Crippen LogP contribution in [0.5, 0.6) is 0 Å². The second-order valence-electron chi connectivity index (χ2n) is 10.7. The summed E-state index contributed by atoms with van der Waals surface area (Å²) in [4.78, 5) is 42.6. The van der Waals surface area contributed by atoms with E-state index in [0.29, 0.717) is 18.1 Å². The summed E-state index contributed by atoms with van der Waals surface area (Å²) in [6, 6.07) is -1.21. The highest BCUT2D eigenvalue weighted by molar-refractivity contribution is 5.91. The third-order valence-electron chi connectivity index (χ3n) is 6.33. The minimum Gasteiger partial charge on any atom is -0.463 e. The van der Waals surface area contributed by atoms with Crippen molar-refractivity contribution in [2.45, 2.75) is 86.4 Å². The first-order valence-electron chi connectivity index (χ1n) is 11.8. The zero-order valence-corrected chi connectivity index (χ0v) is 21.8. The van der Waals surface area contributed by atoms with Gasteiger partial charge in [0.15, 0.2) is 0 Å². The van der Waals surface area contributed by atoms with Crippen LogP contribution in [0.3, 0.4) is 0 Å². The Hall–Kier alpha value is -1.89. The molecule has 2 unspecified atom stereocenters. The van der Waals surface area contributed by atoms with Crippen molar-refractivity contribution in [3.05, 3.63) is 11.6 Å². The van der Waals surface area contributed by atoms with Crippen LogP contribution in [-0.2, 0) is 19.1 Å². The van der Waals surface area contributed by atoms with Gasteiger partial charge in [-0.05, 0) is 57.5 Å². The number of ether oxygens (including phenoxy) is 1. The molecular weight excluding hydrogens is 406 g/mol. The summed E-state index contributed by atoms with van der Waals surface area (Å²) < 4.78 is 5.09. The van der Waals surface area contributed by atoms with Crippen molar-refractivity contribution in [2.24, 2.45) is 17.3 Å². The Kier molecular flexibility index (Phi) is 10.4. The van der Waals surface area contributed by atoms with Crippen LogP contribution in [0.2, 0.25) is 0 Å². The molecule has 32 heavy (non-hydrogen) atoms. The van der Waals surface area contributed by atoms with Crippen molar-refractivity contribution in [3.63, 3.8) is 0 Å². The largest absolute Gasteiger partial charge is 0.463 e. The Bertz CT molecular complexity index is 696. The van der Waals surface area contributed by atoms with Crippen LogP contribution >= 0.6 is 0 Å². The molecule has 1 rings (SSSR count). The molecule has 1 aliphatic rings. The standard InChI is InChI=1S/C25H45N3O4/c1-11-32-24(31)18(5)15-19(16(2)3)28(10)23(30)21(25(6,7)8)26-22(29)20-14-17(4)12-13-27(20)9/h15-17,19-21H,11-14H2,1-10H3,(H,26,29)/b18-15+/t17-,19+,20?,21?/m0/s1. The second-order valence-corrected chi connectivity index (χ2v) is 10.7. The van der Waals surface area contributed by atoms with Gasteiger partial charge < -0.3 is 15.0 Å². The lowest BCUT2D eigenvalue weighted by Crippen LogP contribution is -2.60. The molecule has 2 amide bonds. The molecule has 1 saturated heterocycles. The van der Waals surface area contributed by atoms with Crippen LogP contribution in [-0.4, -0.2) is 73.0 Å². The monoisotopic (exact) mass is 451 g/mol. The molecule has 0 aromatic rings. The average molecular weight is 452 g/mol. The van der Waals surface area contributed by atoms with Crippen LogP contribution in [0.25, 0.3) is 0 Å². The maximum atomic E-state index is 13.6. The summed E-state index contributed by atoms with van der Waals surface area (Å²) in [6.07, 6.45) is 3.66. The first-order valence-corrected chi connectivity index (χ1v) is 11.8. The van der Waals surface area contributed by atoms with E-state index in [1.54, 1.807) is 31.9 Å². The lowest BCUT2D eigenvalue weighted by Gasteiger charge is -2.40. The fraction of sp³-hybridized carbons (Fsp3) is 0.800. The highest BCUT2D eigenvalue weighted by atomic mass is 16.5. The smallest absolute Gasteiger partial charge is 0.333 e. The Balaban J connectivity index is 3.12. The Labute approximate surface area is 194 Å². The molecule has 0 aromatic heterocycles. The number of likely N-dealkylation sites (N-methyl/N-ethyl adjacent to an activating group) is 2. The van der Waals surface area contributed by atoms with Crippen molar-refractivity contribution < 1.29 is 19.1 Å². The molecule has 0 radical (unpaired) electrons. The lowest BCUT2D eigenvalue weighted by molar-refractivity contribution is -0.142. The SMILES string of the molecule is CCOC(=O)/C(C)=C/[C@H](C(C)C)N(C)C(=O)C(NC(=O)C1C[C@@H](C)CCN1C)C(C)(C)C. The summed E-state index contributed by atoms with van der Waals surface area (Å²) in [7, 11) is 3.70. The number of hydrogen-bond acceptors (Lipinski definition) is 5. The molecule has 0 aromatic carbocycles. The van der Waals surface area contributed by atoms with Gasteiger partial charge in [-0.15, -0.1) is 0 Å². The molecule has 0 saturated carbocycles. The molecule has 1 N–H and O–H groups in total. The number of rotatable bonds is 8. The molecule has 7 heteroatoms. The van der Waals surface area contributed by atoms with Crippen molar-refractivity contribution in [1.29, 1.82) is 0 Å². The highest BCUT2D eigenvalue weighted by Crippen LogP contribution is 2.26. The number of nitrogens with one attached hydrogen (secondary N) is 1. The Morgan fingerprint density at radius 2 is 1.84 bits per heavy atom. The maximum Gasteiger partial charge on any atom is 0.333 e. The van der Waals surface area contributed by atoms with Crippen LogP contribution in [0, 0.1) is 17.3 Å². The number of nitrogens with zero attached hydrogens (tertiary/aromatic N) is 2. The molecule has 0 spiro atoms. The van der Waals surface area contributed by atoms with Crippen LogP contribution < -0.4 is 5.32 Å². The van der Waals surface area contributed by atoms with Gasteiger partial charge >= 0.3 is 5.97 Å². The minimum absolute atomic E-state index is 0.0787. The fourth-order valence-corrected chi connectivity index (χ4v) is 4.12. The molecule has 1 fully saturated rings. The number of hydrogen-bond donors (Lipinski definition) is 1. The predicted octanol–water partition coefficient (Wildman–Crippen LogP) is 3.24. The number of esters is 1. The molecular formula is C25H45N3O4. The minimum atomic E-state index is -0.678. The van der Waals surface area contributed by atoms with Gasteiger partial charge in [0, 0.05) is 12.6 Å². The molecule has 0 bridgehead atoms. The number of carbonyl (C=O) groups is 3. The zero-order valence-electron chi connectivity index (χ0n) is 21.8. The third-order valence-corrected chi connectivity index (χ3v) is 6.33. The highest BCUT2D eigenvalue weighted by Gasteiger charge is 2.39. The Morgan fingerprint density at radius 3 is 2.34 bits per heavy atom. The Morgan fingerprint density at radius 1 is 1.25 bits per heavy atom. The fourth-order valence-electron chi connectivity index (χ4n) is 4.12. The summed E-state index contributed by atoms with van der Waals surface area (Å²) in [5.41, 5.74) is 0.000687. The summed E-state index contributed by atoms with van der Waals surface area (Å²) in [5, 5.41) is 3.06. The molecule has 184 valence electrons. The van der Waals surface area contributed by atoms with Gasteiger partial charge in [0.25, 0.3) is 0 Å². The number of amides is 2. The molecule has 0 aliphatic carbocycles. The number of likely N-dealkylation sites (tertiary alicyclic amines) is 1. The normalized spacial score (nSPS) is 22.3. The molecule has 7 nitrogen and oxygen atoms in total. The van der Waals surface area contributed by atoms with E-state index in [0.717, 1.165) is 19.4 Å². The zero-order chi connectivity index (χ0) is 24.8. The van der Waals surface area contributed by atoms with Crippen molar-refractivity contribution >= 4 is 17.8 Å². The van der Waals surface area contributed by atoms with Gasteiger partial charge in [-0.1, -0.05) is 47.6 Å². The predicted molar refractivity (Wildman–Crippen MR) is 128 cm³/mol. The van der Waals surface area contributed by atoms with Gasteiger partial charge in [0.1, 0.15) is 6.04 Å². The number of carbonyl (C=O) groups excluding carboxylic acids is 3. The van der Waals surface area contributed by atoms with E-state index < -0.39 is 11.5 Å². The van der Waals surface area contributed by atoms with Crippen molar-refractivity contribution in [1.82, 2.24) is 15.1 Å². The van der Waals surface area contributed by atoms with Gasteiger partial charge in [0.05, 0.1) is 18.7 Å². The van der Waals surface area contributed by atoms with Gasteiger partial charge in [-0.3, -0.25) is 14.5 Å². The molecule has 4 atom stereocenters. The second kappa shape index (κ2) is 11.8. The van der Waals surface area contributed by atoms with Crippen LogP contribution in [0.15, 0.2) is 11.6 Å². The molecule has 1 aliphatic heterocycles. The van der Waals surface area contributed by atoms with Crippen LogP contribution in [0.1, 0.15) is 68.2 Å². The maximum absolute atomic E-state index is 13.6. The van der Waals surface area contributed by atoms with E-state index in [9.17, 15) is 14.4 Å². The van der Waals surface area contributed by atoms with E-state index in [-0.39, 0.29) is 35.8 Å². The van der Waals surface area contributed by atoms with E-state index in [1.807, 2.05) is 41.7 Å². The summed E-state index contributed by atoms with van der Waals surface area (Å²) in [6.45, 7) is 16.7. The summed E-state index contributed by atoms with van der Waals surface area (Å²) in [5.74, 6) is -0.0807. The van der Waals surface area contributed by atoms with Crippen LogP contribution in [0.4, 0.5) is 0 Å². The third kappa shape index (κ3) is 7.61. The number of piperidine rings is 1. The van der Waals surface area contributed by atoms with Crippen molar-refractivity contribution in [3.8, 4) is 0 Å². The molecule has 1 heterocycles.